The summed E-state index contributed by atoms with van der Waals surface area (Å²) in [6.07, 6.45) is 0.626. The summed E-state index contributed by atoms with van der Waals surface area (Å²) >= 11 is 0. The second kappa shape index (κ2) is 5.65. The van der Waals surface area contributed by atoms with Crippen LogP contribution in [0.2, 0.25) is 0 Å². The predicted octanol–water partition coefficient (Wildman–Crippen LogP) is 1.45. The highest BCUT2D eigenvalue weighted by Gasteiger charge is 2.26. The van der Waals surface area contributed by atoms with Crippen molar-refractivity contribution < 1.29 is 10.0 Å². The number of nitro groups is 1. The molecule has 100 valence electrons. The molecule has 0 aliphatic rings. The van der Waals surface area contributed by atoms with E-state index < -0.39 is 10.5 Å². The van der Waals surface area contributed by atoms with Crippen molar-refractivity contribution in [2.75, 3.05) is 17.3 Å². The Hall–Kier alpha value is -1.86. The Balaban J connectivity index is 3.20. The van der Waals surface area contributed by atoms with Crippen LogP contribution in [0.15, 0.2) is 18.2 Å². The van der Waals surface area contributed by atoms with E-state index >= 15 is 0 Å². The van der Waals surface area contributed by atoms with Crippen LogP contribution < -0.4 is 16.6 Å². The molecule has 0 fully saturated rings. The lowest BCUT2D eigenvalue weighted by Gasteiger charge is -2.28. The number of benzene rings is 1. The van der Waals surface area contributed by atoms with E-state index in [-0.39, 0.29) is 18.0 Å². The van der Waals surface area contributed by atoms with Gasteiger partial charge in [0.1, 0.15) is 11.4 Å². The van der Waals surface area contributed by atoms with Gasteiger partial charge in [-0.3, -0.25) is 16.0 Å². The van der Waals surface area contributed by atoms with Gasteiger partial charge in [0, 0.05) is 0 Å². The average molecular weight is 254 g/mol. The summed E-state index contributed by atoms with van der Waals surface area (Å²) in [5, 5.41) is 23.4. The van der Waals surface area contributed by atoms with Crippen LogP contribution in [-0.4, -0.2) is 22.2 Å². The lowest BCUT2D eigenvalue weighted by Crippen LogP contribution is -2.38. The molecule has 1 aromatic carbocycles. The number of hydrazine groups is 1. The van der Waals surface area contributed by atoms with Gasteiger partial charge in [0.05, 0.1) is 17.1 Å². The van der Waals surface area contributed by atoms with E-state index in [1.165, 1.54) is 6.07 Å². The predicted molar refractivity (Wildman–Crippen MR) is 70.3 cm³/mol. The summed E-state index contributed by atoms with van der Waals surface area (Å²) in [4.78, 5) is 10.6. The molecule has 0 heterocycles. The molecule has 7 nitrogen and oxygen atoms in total. The molecule has 0 aliphatic carbocycles. The second-order valence-electron chi connectivity index (χ2n) is 4.30. The maximum Gasteiger partial charge on any atom is 0.316 e. The highest BCUT2D eigenvalue weighted by atomic mass is 16.6. The van der Waals surface area contributed by atoms with E-state index in [0.717, 1.165) is 0 Å². The first kappa shape index (κ1) is 14.2. The summed E-state index contributed by atoms with van der Waals surface area (Å²) in [5.41, 5.74) is 2.10. The van der Waals surface area contributed by atoms with E-state index in [1.54, 1.807) is 19.1 Å². The number of hydrogen-bond donors (Lipinski definition) is 4. The van der Waals surface area contributed by atoms with Crippen molar-refractivity contribution in [2.24, 2.45) is 5.84 Å². The summed E-state index contributed by atoms with van der Waals surface area (Å²) in [7, 11) is 0. The van der Waals surface area contributed by atoms with Gasteiger partial charge in [-0.25, -0.2) is 0 Å². The van der Waals surface area contributed by atoms with Crippen LogP contribution in [0, 0.1) is 10.1 Å². The van der Waals surface area contributed by atoms with Gasteiger partial charge in [0.25, 0.3) is 0 Å². The molecule has 0 bridgehead atoms. The number of nitrogens with zero attached hydrogens (tertiary/aromatic N) is 1. The first-order valence-electron chi connectivity index (χ1n) is 5.60. The number of aliphatic hydroxyl groups is 1. The maximum absolute atomic E-state index is 11.1. The molecule has 0 saturated carbocycles. The number of nitrogens with one attached hydrogen (secondary N) is 2. The minimum atomic E-state index is -0.613. The van der Waals surface area contributed by atoms with Gasteiger partial charge < -0.3 is 15.8 Å². The van der Waals surface area contributed by atoms with Crippen molar-refractivity contribution in [3.8, 4) is 0 Å². The molecule has 1 rings (SSSR count). The van der Waals surface area contributed by atoms with Crippen LogP contribution in [0.5, 0.6) is 0 Å². The Bertz CT molecular complexity index is 432. The number of rotatable bonds is 6. The monoisotopic (exact) mass is 254 g/mol. The average Bonchev–Trinajstić information content (AvgIpc) is 2.37. The third-order valence-electron chi connectivity index (χ3n) is 2.94. The molecule has 0 saturated heterocycles. The van der Waals surface area contributed by atoms with Crippen molar-refractivity contribution in [3.63, 3.8) is 0 Å². The first-order chi connectivity index (χ1) is 8.47. The normalized spacial score (nSPS) is 13.8. The van der Waals surface area contributed by atoms with E-state index in [4.69, 9.17) is 5.84 Å². The molecule has 5 N–H and O–H groups in total. The van der Waals surface area contributed by atoms with Crippen molar-refractivity contribution >= 4 is 17.1 Å². The van der Waals surface area contributed by atoms with E-state index in [2.05, 4.69) is 10.7 Å². The minimum Gasteiger partial charge on any atom is -0.394 e. The fraction of sp³-hybridized carbons (Fsp3) is 0.455. The maximum atomic E-state index is 11.1. The van der Waals surface area contributed by atoms with Crippen molar-refractivity contribution in [2.45, 2.75) is 25.8 Å². The zero-order chi connectivity index (χ0) is 13.8. The standard InChI is InChI=1S/C11H18N4O3/c1-3-11(2,7-16)13-8-5-4-6-9(14-12)10(8)15(17)18/h4-6,13-14,16H,3,7,12H2,1-2H3. The van der Waals surface area contributed by atoms with Crippen LogP contribution >= 0.6 is 0 Å². The number of para-hydroxylation sites is 1. The van der Waals surface area contributed by atoms with Crippen molar-refractivity contribution in [3.05, 3.63) is 28.3 Å². The molecule has 1 aromatic rings. The Morgan fingerprint density at radius 3 is 2.56 bits per heavy atom. The lowest BCUT2D eigenvalue weighted by atomic mass is 9.99. The van der Waals surface area contributed by atoms with E-state index in [0.29, 0.717) is 12.1 Å². The quantitative estimate of drug-likeness (QED) is 0.347. The van der Waals surface area contributed by atoms with Gasteiger partial charge in [0.2, 0.25) is 0 Å². The Morgan fingerprint density at radius 1 is 1.50 bits per heavy atom. The third-order valence-corrected chi connectivity index (χ3v) is 2.94. The van der Waals surface area contributed by atoms with Crippen LogP contribution in [0.3, 0.4) is 0 Å². The van der Waals surface area contributed by atoms with Crippen molar-refractivity contribution in [1.29, 1.82) is 0 Å². The second-order valence-corrected chi connectivity index (χ2v) is 4.30. The van der Waals surface area contributed by atoms with Gasteiger partial charge >= 0.3 is 5.69 Å². The number of aliphatic hydroxyl groups excluding tert-OH is 1. The number of nitrogens with two attached hydrogens (primary N) is 1. The minimum absolute atomic E-state index is 0.124. The SMILES string of the molecule is CCC(C)(CO)Nc1cccc(NN)c1[N+](=O)[O-]. The Kier molecular flexibility index (Phi) is 4.46. The highest BCUT2D eigenvalue weighted by molar-refractivity contribution is 5.76. The van der Waals surface area contributed by atoms with Crippen LogP contribution in [0.25, 0.3) is 0 Å². The lowest BCUT2D eigenvalue weighted by molar-refractivity contribution is -0.383. The molecule has 0 radical (unpaired) electrons. The number of nitro benzene ring substituents is 1. The van der Waals surface area contributed by atoms with Crippen LogP contribution in [0.1, 0.15) is 20.3 Å². The smallest absolute Gasteiger partial charge is 0.316 e. The van der Waals surface area contributed by atoms with E-state index in [1.807, 2.05) is 6.92 Å². The Morgan fingerprint density at radius 2 is 2.11 bits per heavy atom. The molecule has 0 aliphatic heterocycles. The van der Waals surface area contributed by atoms with Gasteiger partial charge in [-0.1, -0.05) is 13.0 Å². The molecule has 7 heteroatoms. The molecular formula is C11H18N4O3. The van der Waals surface area contributed by atoms with E-state index in [9.17, 15) is 15.2 Å². The molecule has 0 aromatic heterocycles. The molecule has 1 atom stereocenters. The molecule has 18 heavy (non-hydrogen) atoms. The molecule has 1 unspecified atom stereocenters. The summed E-state index contributed by atoms with van der Waals surface area (Å²) in [6.45, 7) is 3.56. The summed E-state index contributed by atoms with van der Waals surface area (Å²) < 4.78 is 0. The number of anilines is 2. The summed E-state index contributed by atoms with van der Waals surface area (Å²) in [6, 6.07) is 4.76. The van der Waals surface area contributed by atoms with Gasteiger partial charge in [-0.15, -0.1) is 0 Å². The zero-order valence-electron chi connectivity index (χ0n) is 10.4. The Labute approximate surface area is 105 Å². The number of hydrogen-bond acceptors (Lipinski definition) is 6. The van der Waals surface area contributed by atoms with Gasteiger partial charge in [-0.05, 0) is 25.5 Å². The van der Waals surface area contributed by atoms with Crippen LogP contribution in [0.4, 0.5) is 17.1 Å². The van der Waals surface area contributed by atoms with Crippen molar-refractivity contribution in [1.82, 2.24) is 0 Å². The van der Waals surface area contributed by atoms with Gasteiger partial charge in [0.15, 0.2) is 0 Å². The fourth-order valence-corrected chi connectivity index (χ4v) is 1.52. The third kappa shape index (κ3) is 2.88. The fourth-order valence-electron chi connectivity index (χ4n) is 1.52. The number of nitrogen functional groups attached to an aromatic ring is 1. The first-order valence-corrected chi connectivity index (χ1v) is 5.60. The highest BCUT2D eigenvalue weighted by Crippen LogP contribution is 2.34. The summed E-state index contributed by atoms with van der Waals surface area (Å²) in [5.74, 6) is 5.25. The zero-order valence-corrected chi connectivity index (χ0v) is 10.4. The van der Waals surface area contributed by atoms with Gasteiger partial charge in [-0.2, -0.15) is 0 Å². The van der Waals surface area contributed by atoms with Crippen LogP contribution in [-0.2, 0) is 0 Å². The molecule has 0 spiro atoms. The molecule has 0 amide bonds. The molecular weight excluding hydrogens is 236 g/mol. The largest absolute Gasteiger partial charge is 0.394 e. The topological polar surface area (TPSA) is 113 Å².